The minimum Gasteiger partial charge on any atom is -0.378 e. The number of anilines is 3. The summed E-state index contributed by atoms with van der Waals surface area (Å²) >= 11 is 12.2. The number of ether oxygens (including phenoxy) is 1. The van der Waals surface area contributed by atoms with Crippen molar-refractivity contribution in [2.75, 3.05) is 36.9 Å². The maximum atomic E-state index is 15.6. The molecule has 0 saturated carbocycles. The van der Waals surface area contributed by atoms with E-state index in [2.05, 4.69) is 36.9 Å². The molecule has 13 heteroatoms. The van der Waals surface area contributed by atoms with E-state index in [4.69, 9.17) is 27.9 Å². The molecule has 7 rings (SSSR count). The number of nitrogens with one attached hydrogen (secondary N) is 2. The first kappa shape index (κ1) is 30.3. The SMILES string of the molecule is N#Cc1cnc2c(F)cc(N[C@@H](c3ccc(Cl)cc3)c3cn(C4CCN(C5COC5)CC4)nn3)cc2c1Nc1ccc(F)c(Cl)c1. The lowest BCUT2D eigenvalue weighted by molar-refractivity contribution is -0.0734. The predicted molar refractivity (Wildman–Crippen MR) is 172 cm³/mol. The molecule has 2 aliphatic rings. The molecule has 2 aliphatic heterocycles. The molecule has 0 unspecified atom stereocenters. The normalized spacial score (nSPS) is 16.6. The first-order chi connectivity index (χ1) is 22.4. The highest BCUT2D eigenvalue weighted by Crippen LogP contribution is 2.36. The van der Waals surface area contributed by atoms with Crippen LogP contribution in [0.3, 0.4) is 0 Å². The average molecular weight is 662 g/mol. The first-order valence-electron chi connectivity index (χ1n) is 14.9. The molecule has 2 N–H and O–H groups in total. The topological polar surface area (TPSA) is 104 Å². The highest BCUT2D eigenvalue weighted by molar-refractivity contribution is 6.31. The Morgan fingerprint density at radius 2 is 1.74 bits per heavy atom. The van der Waals surface area contributed by atoms with E-state index >= 15 is 4.39 Å². The molecular formula is C33H28Cl2F2N8O. The molecule has 2 aromatic heterocycles. The van der Waals surface area contributed by atoms with Gasteiger partial charge in [-0.05, 0) is 60.9 Å². The fourth-order valence-electron chi connectivity index (χ4n) is 5.98. The number of nitriles is 1. The third kappa shape index (κ3) is 6.09. The van der Waals surface area contributed by atoms with Crippen LogP contribution in [0.2, 0.25) is 10.0 Å². The number of hydrogen-bond acceptors (Lipinski definition) is 8. The maximum absolute atomic E-state index is 15.6. The van der Waals surface area contributed by atoms with Gasteiger partial charge in [-0.25, -0.2) is 13.5 Å². The summed E-state index contributed by atoms with van der Waals surface area (Å²) in [5.41, 5.74) is 2.91. The average Bonchev–Trinajstić information content (AvgIpc) is 3.52. The van der Waals surface area contributed by atoms with Crippen molar-refractivity contribution in [3.8, 4) is 6.07 Å². The number of likely N-dealkylation sites (tertiary alicyclic amines) is 1. The van der Waals surface area contributed by atoms with Crippen molar-refractivity contribution in [1.82, 2.24) is 24.9 Å². The van der Waals surface area contributed by atoms with Gasteiger partial charge in [0.1, 0.15) is 23.1 Å². The van der Waals surface area contributed by atoms with Gasteiger partial charge < -0.3 is 15.4 Å². The number of piperidine rings is 1. The summed E-state index contributed by atoms with van der Waals surface area (Å²) in [4.78, 5) is 6.69. The van der Waals surface area contributed by atoms with E-state index in [-0.39, 0.29) is 22.1 Å². The second kappa shape index (κ2) is 12.8. The number of rotatable bonds is 8. The zero-order valence-corrected chi connectivity index (χ0v) is 25.9. The van der Waals surface area contributed by atoms with Gasteiger partial charge in [-0.2, -0.15) is 5.26 Å². The van der Waals surface area contributed by atoms with E-state index in [0.717, 1.165) is 44.7 Å². The number of aromatic nitrogens is 4. The smallest absolute Gasteiger partial charge is 0.151 e. The zero-order valence-electron chi connectivity index (χ0n) is 24.4. The summed E-state index contributed by atoms with van der Waals surface area (Å²) in [7, 11) is 0. The van der Waals surface area contributed by atoms with Gasteiger partial charge in [-0.1, -0.05) is 40.5 Å². The molecule has 9 nitrogen and oxygen atoms in total. The summed E-state index contributed by atoms with van der Waals surface area (Å²) in [6.45, 7) is 3.55. The van der Waals surface area contributed by atoms with E-state index in [1.165, 1.54) is 30.5 Å². The second-order valence-electron chi connectivity index (χ2n) is 11.5. The van der Waals surface area contributed by atoms with Crippen molar-refractivity contribution >= 4 is 51.2 Å². The van der Waals surface area contributed by atoms with E-state index in [9.17, 15) is 9.65 Å². The fourth-order valence-corrected chi connectivity index (χ4v) is 6.29. The first-order valence-corrected chi connectivity index (χ1v) is 15.6. The molecule has 0 aliphatic carbocycles. The Balaban J connectivity index is 1.22. The Labute approximate surface area is 273 Å². The standard InChI is InChI=1S/C33H28Cl2F2N8O/c34-21-3-1-19(2-4-21)32(30-16-45(43-42-30)24-7-9-44(10-8-24)25-17-46-18-25)41-23-11-26-31(40-22-5-6-28(36)27(35)12-22)20(14-38)15-39-33(26)29(37)13-23/h1-6,11-13,15-16,24-25,32,41H,7-10,17-18H2,(H,39,40)/t32-/m0/s1. The molecule has 0 radical (unpaired) electrons. The monoisotopic (exact) mass is 660 g/mol. The minimum atomic E-state index is -0.591. The van der Waals surface area contributed by atoms with Crippen LogP contribution in [0, 0.1) is 23.0 Å². The number of hydrogen-bond donors (Lipinski definition) is 2. The molecule has 0 bridgehead atoms. The van der Waals surface area contributed by atoms with Crippen LogP contribution < -0.4 is 10.6 Å². The van der Waals surface area contributed by atoms with Crippen molar-refractivity contribution in [3.63, 3.8) is 0 Å². The molecule has 0 amide bonds. The summed E-state index contributed by atoms with van der Waals surface area (Å²) in [5, 5.41) is 26.3. The van der Waals surface area contributed by atoms with Gasteiger partial charge in [0.05, 0.1) is 53.8 Å². The Morgan fingerprint density at radius 1 is 0.957 bits per heavy atom. The van der Waals surface area contributed by atoms with E-state index in [0.29, 0.717) is 39.2 Å². The molecule has 2 saturated heterocycles. The van der Waals surface area contributed by atoms with Crippen LogP contribution in [-0.2, 0) is 4.74 Å². The summed E-state index contributed by atoms with van der Waals surface area (Å²) in [5.74, 6) is -1.17. The number of pyridine rings is 1. The lowest BCUT2D eigenvalue weighted by Gasteiger charge is -2.41. The van der Waals surface area contributed by atoms with Gasteiger partial charge in [0.2, 0.25) is 0 Å². The molecule has 5 aromatic rings. The second-order valence-corrected chi connectivity index (χ2v) is 12.3. The number of nitrogens with zero attached hydrogens (tertiary/aromatic N) is 6. The number of benzene rings is 3. The summed E-state index contributed by atoms with van der Waals surface area (Å²) in [6, 6.07) is 16.8. The quantitative estimate of drug-likeness (QED) is 0.179. The molecule has 234 valence electrons. The number of fused-ring (bicyclic) bond motifs is 1. The van der Waals surface area contributed by atoms with Crippen LogP contribution in [0.4, 0.5) is 25.8 Å². The van der Waals surface area contributed by atoms with E-state index in [1.54, 1.807) is 18.2 Å². The lowest BCUT2D eigenvalue weighted by atomic mass is 10.0. The molecule has 4 heterocycles. The van der Waals surface area contributed by atoms with Gasteiger partial charge in [0, 0.05) is 41.1 Å². The molecule has 46 heavy (non-hydrogen) atoms. The summed E-state index contributed by atoms with van der Waals surface area (Å²) in [6.07, 6.45) is 5.15. The van der Waals surface area contributed by atoms with Crippen molar-refractivity contribution in [2.24, 2.45) is 0 Å². The molecule has 1 atom stereocenters. The van der Waals surface area contributed by atoms with E-state index in [1.807, 2.05) is 23.0 Å². The van der Waals surface area contributed by atoms with Crippen LogP contribution in [0.25, 0.3) is 10.9 Å². The van der Waals surface area contributed by atoms with Crippen LogP contribution >= 0.6 is 23.2 Å². The van der Waals surface area contributed by atoms with Crippen molar-refractivity contribution in [2.45, 2.75) is 31.0 Å². The highest BCUT2D eigenvalue weighted by atomic mass is 35.5. The van der Waals surface area contributed by atoms with Crippen LogP contribution in [0.5, 0.6) is 0 Å². The summed E-state index contributed by atoms with van der Waals surface area (Å²) < 4.78 is 36.8. The predicted octanol–water partition coefficient (Wildman–Crippen LogP) is 7.26. The van der Waals surface area contributed by atoms with Gasteiger partial charge in [0.15, 0.2) is 5.82 Å². The molecular weight excluding hydrogens is 633 g/mol. The zero-order chi connectivity index (χ0) is 31.8. The van der Waals surface area contributed by atoms with Gasteiger partial charge >= 0.3 is 0 Å². The third-order valence-electron chi connectivity index (χ3n) is 8.58. The van der Waals surface area contributed by atoms with Gasteiger partial charge in [-0.3, -0.25) is 9.88 Å². The molecule has 3 aromatic carbocycles. The number of halogens is 4. The molecule has 0 spiro atoms. The third-order valence-corrected chi connectivity index (χ3v) is 9.12. The van der Waals surface area contributed by atoms with Crippen molar-refractivity contribution in [1.29, 1.82) is 5.26 Å². The Bertz CT molecular complexity index is 1940. The lowest BCUT2D eigenvalue weighted by Crippen LogP contribution is -2.51. The van der Waals surface area contributed by atoms with Crippen LogP contribution in [0.1, 0.15) is 41.7 Å². The maximum Gasteiger partial charge on any atom is 0.151 e. The highest BCUT2D eigenvalue weighted by Gasteiger charge is 2.31. The fraction of sp³-hybridized carbons (Fsp3) is 0.273. The molecule has 2 fully saturated rings. The van der Waals surface area contributed by atoms with Gasteiger partial charge in [0.25, 0.3) is 0 Å². The van der Waals surface area contributed by atoms with Gasteiger partial charge in [-0.15, -0.1) is 5.10 Å². The van der Waals surface area contributed by atoms with Crippen LogP contribution in [0.15, 0.2) is 67.0 Å². The Kier molecular flexibility index (Phi) is 8.44. The Hall–Kier alpha value is -4.34. The Morgan fingerprint density at radius 3 is 2.43 bits per heavy atom. The van der Waals surface area contributed by atoms with Crippen molar-refractivity contribution < 1.29 is 13.5 Å². The van der Waals surface area contributed by atoms with Crippen molar-refractivity contribution in [3.05, 3.63) is 105 Å². The minimum absolute atomic E-state index is 0.0639. The van der Waals surface area contributed by atoms with E-state index < -0.39 is 17.7 Å². The largest absolute Gasteiger partial charge is 0.378 e. The van der Waals surface area contributed by atoms with Crippen LogP contribution in [-0.4, -0.2) is 57.2 Å².